The summed E-state index contributed by atoms with van der Waals surface area (Å²) in [4.78, 5) is 20.3. The molecule has 2 aliphatic rings. The van der Waals surface area contributed by atoms with Crippen LogP contribution in [0.4, 0.5) is 5.00 Å². The molecule has 2 aromatic heterocycles. The van der Waals surface area contributed by atoms with Gasteiger partial charge in [-0.2, -0.15) is 4.37 Å². The van der Waals surface area contributed by atoms with E-state index in [9.17, 15) is 4.79 Å². The summed E-state index contributed by atoms with van der Waals surface area (Å²) >= 11 is 1.33. The average molecular weight is 429 g/mol. The summed E-state index contributed by atoms with van der Waals surface area (Å²) in [6.45, 7) is 1.94. The van der Waals surface area contributed by atoms with Gasteiger partial charge in [0.25, 0.3) is 0 Å². The Morgan fingerprint density at radius 2 is 2.00 bits per heavy atom. The number of rotatable bonds is 6. The molecule has 0 saturated heterocycles. The summed E-state index contributed by atoms with van der Waals surface area (Å²) < 4.78 is 4.48. The summed E-state index contributed by atoms with van der Waals surface area (Å²) in [5, 5.41) is 11.3. The second kappa shape index (κ2) is 9.07. The second-order valence-corrected chi connectivity index (χ2v) is 8.67. The van der Waals surface area contributed by atoms with Gasteiger partial charge in [0.05, 0.1) is 17.4 Å². The Bertz CT molecular complexity index is 928. The number of carbonyl (C=O) groups is 1. The van der Waals surface area contributed by atoms with E-state index < -0.39 is 5.91 Å². The fourth-order valence-corrected chi connectivity index (χ4v) is 5.02. The minimum absolute atomic E-state index is 0.0160. The number of nitrogens with two attached hydrogens (primary N) is 2. The van der Waals surface area contributed by atoms with Gasteiger partial charge >= 0.3 is 0 Å². The highest BCUT2D eigenvalue weighted by molar-refractivity contribution is 7.11. The molecule has 3 atom stereocenters. The third kappa shape index (κ3) is 4.45. The van der Waals surface area contributed by atoms with Crippen LogP contribution >= 0.6 is 11.5 Å². The first-order valence-electron chi connectivity index (χ1n) is 10.3. The number of aryl methyl sites for hydroxylation is 1. The number of aromatic nitrogens is 3. The topological polar surface area (TPSA) is 144 Å². The Morgan fingerprint density at radius 1 is 1.23 bits per heavy atom. The summed E-state index contributed by atoms with van der Waals surface area (Å²) in [5.74, 6) is 0.195. The van der Waals surface area contributed by atoms with Crippen molar-refractivity contribution >= 4 is 22.4 Å². The number of nitrogens with one attached hydrogen (secondary N) is 3. The van der Waals surface area contributed by atoms with Gasteiger partial charge in [-0.3, -0.25) is 10.1 Å². The number of amides is 1. The number of carbonyl (C=O) groups excluding carboxylic acids is 1. The number of primary amides is 1. The van der Waals surface area contributed by atoms with Crippen LogP contribution in [-0.2, 0) is 4.79 Å². The highest BCUT2D eigenvalue weighted by atomic mass is 32.1. The van der Waals surface area contributed by atoms with Crippen LogP contribution in [0.2, 0.25) is 0 Å². The number of hydrogen-bond donors (Lipinski definition) is 5. The van der Waals surface area contributed by atoms with Crippen LogP contribution in [0.15, 0.2) is 30.1 Å². The summed E-state index contributed by atoms with van der Waals surface area (Å²) in [6.07, 6.45) is 10.9. The molecule has 9 nitrogen and oxygen atoms in total. The van der Waals surface area contributed by atoms with Crippen LogP contribution in [0, 0.1) is 6.92 Å². The normalized spacial score (nSPS) is 24.4. The van der Waals surface area contributed by atoms with E-state index in [-0.39, 0.29) is 18.2 Å². The molecule has 0 radical (unpaired) electrons. The van der Waals surface area contributed by atoms with Crippen molar-refractivity contribution in [2.45, 2.75) is 63.7 Å². The molecule has 1 saturated carbocycles. The summed E-state index contributed by atoms with van der Waals surface area (Å²) in [6, 6.07) is 0.433. The van der Waals surface area contributed by atoms with E-state index in [2.05, 4.69) is 30.3 Å². The Labute approximate surface area is 179 Å². The van der Waals surface area contributed by atoms with Crippen LogP contribution in [-0.4, -0.2) is 38.5 Å². The van der Waals surface area contributed by atoms with E-state index in [0.717, 1.165) is 41.1 Å². The van der Waals surface area contributed by atoms with Crippen molar-refractivity contribution in [3.05, 3.63) is 35.8 Å². The molecule has 1 aliphatic carbocycles. The summed E-state index contributed by atoms with van der Waals surface area (Å²) in [7, 11) is 0. The molecule has 2 aromatic rings. The summed E-state index contributed by atoms with van der Waals surface area (Å²) in [5.41, 5.74) is 15.2. The molecule has 3 heterocycles. The molecule has 0 spiro atoms. The third-order valence-corrected chi connectivity index (χ3v) is 6.64. The number of hydrogen-bond acceptors (Lipinski definition) is 9. The SMILES string of the molecule is Cc1nsc(NC2=C(C(N)=O)CCC(NC3CCCCC3N)N2)c1-c1cncnc1. The maximum Gasteiger partial charge on any atom is 0.248 e. The smallest absolute Gasteiger partial charge is 0.248 e. The Morgan fingerprint density at radius 3 is 2.73 bits per heavy atom. The lowest BCUT2D eigenvalue weighted by Gasteiger charge is -2.36. The first-order chi connectivity index (χ1) is 14.5. The van der Waals surface area contributed by atoms with Crippen molar-refractivity contribution in [3.63, 3.8) is 0 Å². The Kier molecular flexibility index (Phi) is 6.26. The zero-order valence-corrected chi connectivity index (χ0v) is 17.8. The highest BCUT2D eigenvalue weighted by Crippen LogP contribution is 2.35. The first kappa shape index (κ1) is 20.7. The van der Waals surface area contributed by atoms with Crippen molar-refractivity contribution in [2.24, 2.45) is 11.5 Å². The largest absolute Gasteiger partial charge is 0.366 e. The Balaban J connectivity index is 1.56. The fraction of sp³-hybridized carbons (Fsp3) is 0.500. The van der Waals surface area contributed by atoms with Crippen molar-refractivity contribution in [1.82, 2.24) is 25.0 Å². The third-order valence-electron chi connectivity index (χ3n) is 5.79. The minimum Gasteiger partial charge on any atom is -0.366 e. The van der Waals surface area contributed by atoms with E-state index in [4.69, 9.17) is 11.5 Å². The zero-order chi connectivity index (χ0) is 21.1. The molecule has 0 bridgehead atoms. The quantitative estimate of drug-likeness (QED) is 0.466. The van der Waals surface area contributed by atoms with Gasteiger partial charge in [0.1, 0.15) is 17.1 Å². The van der Waals surface area contributed by atoms with Crippen molar-refractivity contribution in [1.29, 1.82) is 0 Å². The molecular weight excluding hydrogens is 400 g/mol. The van der Waals surface area contributed by atoms with Crippen LogP contribution < -0.4 is 27.4 Å². The maximum atomic E-state index is 12.1. The van der Waals surface area contributed by atoms with Gasteiger partial charge in [0, 0.05) is 35.6 Å². The number of anilines is 1. The molecule has 0 aromatic carbocycles. The van der Waals surface area contributed by atoms with E-state index in [0.29, 0.717) is 17.8 Å². The molecule has 3 unspecified atom stereocenters. The Hall–Kier alpha value is -2.56. The second-order valence-electron chi connectivity index (χ2n) is 7.90. The lowest BCUT2D eigenvalue weighted by atomic mass is 9.90. The molecule has 160 valence electrons. The molecule has 1 amide bonds. The van der Waals surface area contributed by atoms with Crippen molar-refractivity contribution in [3.8, 4) is 11.1 Å². The minimum atomic E-state index is -0.427. The van der Waals surface area contributed by atoms with Crippen LogP contribution in [0.3, 0.4) is 0 Å². The lowest BCUT2D eigenvalue weighted by Crippen LogP contribution is -2.56. The van der Waals surface area contributed by atoms with E-state index in [1.54, 1.807) is 12.4 Å². The van der Waals surface area contributed by atoms with Gasteiger partial charge in [-0.1, -0.05) is 12.8 Å². The molecule has 7 N–H and O–H groups in total. The number of nitrogens with zero attached hydrogens (tertiary/aromatic N) is 3. The van der Waals surface area contributed by atoms with Gasteiger partial charge in [-0.15, -0.1) is 0 Å². The fourth-order valence-electron chi connectivity index (χ4n) is 4.19. The van der Waals surface area contributed by atoms with E-state index >= 15 is 0 Å². The van der Waals surface area contributed by atoms with Crippen LogP contribution in [0.5, 0.6) is 0 Å². The van der Waals surface area contributed by atoms with Crippen LogP contribution in [0.25, 0.3) is 11.1 Å². The molecule has 30 heavy (non-hydrogen) atoms. The average Bonchev–Trinajstić information content (AvgIpc) is 3.10. The van der Waals surface area contributed by atoms with Gasteiger partial charge in [-0.25, -0.2) is 9.97 Å². The maximum absolute atomic E-state index is 12.1. The van der Waals surface area contributed by atoms with E-state index in [1.807, 2.05) is 6.92 Å². The highest BCUT2D eigenvalue weighted by Gasteiger charge is 2.29. The van der Waals surface area contributed by atoms with E-state index in [1.165, 1.54) is 30.7 Å². The molecular formula is C20H28N8OS. The predicted molar refractivity (Wildman–Crippen MR) is 117 cm³/mol. The van der Waals surface area contributed by atoms with Crippen molar-refractivity contribution < 1.29 is 4.79 Å². The van der Waals surface area contributed by atoms with Gasteiger partial charge in [-0.05, 0) is 44.1 Å². The monoisotopic (exact) mass is 428 g/mol. The molecule has 1 aliphatic heterocycles. The molecule has 10 heteroatoms. The van der Waals surface area contributed by atoms with Crippen LogP contribution in [0.1, 0.15) is 44.2 Å². The zero-order valence-electron chi connectivity index (χ0n) is 17.0. The lowest BCUT2D eigenvalue weighted by molar-refractivity contribution is -0.114. The predicted octanol–water partition coefficient (Wildman–Crippen LogP) is 1.59. The van der Waals surface area contributed by atoms with Gasteiger partial charge < -0.3 is 22.1 Å². The van der Waals surface area contributed by atoms with Gasteiger partial charge in [0.2, 0.25) is 5.91 Å². The van der Waals surface area contributed by atoms with Gasteiger partial charge in [0.15, 0.2) is 0 Å². The van der Waals surface area contributed by atoms with Crippen molar-refractivity contribution in [2.75, 3.05) is 5.32 Å². The first-order valence-corrected chi connectivity index (χ1v) is 11.1. The molecule has 4 rings (SSSR count). The standard InChI is InChI=1S/C20H28N8OS/c1-11-17(12-8-23-10-24-9-12)20(30-28-11)27-19-13(18(22)29)6-7-16(26-19)25-15-5-3-2-4-14(15)21/h8-10,14-16,25-27H,2-7,21H2,1H3,(H2,22,29). The molecule has 1 fully saturated rings.